The first-order valence-electron chi connectivity index (χ1n) is 17.3. The fraction of sp³-hybridized carbons (Fsp3) is 0.711. The number of hydrogen-bond acceptors (Lipinski definition) is 5. The molecule has 1 amide bonds. The number of fused-ring (bicyclic) bond motifs is 5. The Labute approximate surface area is 264 Å². The normalized spacial score (nSPS) is 37.6. The summed E-state index contributed by atoms with van der Waals surface area (Å²) in [5.74, 6) is 1.80. The van der Waals surface area contributed by atoms with E-state index in [1.165, 1.54) is 11.1 Å². The van der Waals surface area contributed by atoms with Crippen molar-refractivity contribution in [3.8, 4) is 0 Å². The Kier molecular flexibility index (Phi) is 8.62. The molecular formula is C38H53NO5. The second-order valence-electron chi connectivity index (χ2n) is 15.9. The van der Waals surface area contributed by atoms with Crippen LogP contribution in [0.3, 0.4) is 0 Å². The van der Waals surface area contributed by atoms with E-state index in [2.05, 4.69) is 57.3 Å². The van der Waals surface area contributed by atoms with Crippen molar-refractivity contribution in [3.63, 3.8) is 0 Å². The minimum atomic E-state index is -0.243. The van der Waals surface area contributed by atoms with Gasteiger partial charge in [-0.2, -0.15) is 0 Å². The number of amides is 1. The Morgan fingerprint density at radius 3 is 2.50 bits per heavy atom. The van der Waals surface area contributed by atoms with E-state index in [-0.39, 0.29) is 52.7 Å². The highest BCUT2D eigenvalue weighted by Gasteiger charge is 2.60. The molecule has 1 saturated heterocycles. The molecule has 1 aliphatic heterocycles. The van der Waals surface area contributed by atoms with E-state index >= 15 is 0 Å². The molecule has 1 heterocycles. The van der Waals surface area contributed by atoms with Gasteiger partial charge in [0.05, 0.1) is 12.0 Å². The second kappa shape index (κ2) is 12.0. The van der Waals surface area contributed by atoms with Crippen LogP contribution in [-0.4, -0.2) is 42.5 Å². The lowest BCUT2D eigenvalue weighted by molar-refractivity contribution is -0.160. The molecule has 44 heavy (non-hydrogen) atoms. The standard InChI is InChI=1S/C38H53NO5/c1-35(2)25-38(21-23-43-35,26-8-6-5-7-9-26)20-22-39-33(41)14-15-34(42)44-32-13-12-30-29-11-10-27-24-28(40)16-18-36(27,3)31(29)17-19-37(30,32)4/h5-9,24,29-32H,10-23,25H2,1-4H3,(H,39,41)/t29-,30+,31-,32+,36-,37-,38+/m0/s1. The zero-order valence-electron chi connectivity index (χ0n) is 27.4. The lowest BCUT2D eigenvalue weighted by Gasteiger charge is -2.57. The average Bonchev–Trinajstić information content (AvgIpc) is 3.32. The second-order valence-corrected chi connectivity index (χ2v) is 15.9. The summed E-state index contributed by atoms with van der Waals surface area (Å²) >= 11 is 0. The van der Waals surface area contributed by atoms with Crippen molar-refractivity contribution in [2.24, 2.45) is 28.6 Å². The van der Waals surface area contributed by atoms with E-state index in [9.17, 15) is 14.4 Å². The van der Waals surface area contributed by atoms with E-state index in [1.807, 2.05) is 12.1 Å². The van der Waals surface area contributed by atoms with Crippen LogP contribution in [0.5, 0.6) is 0 Å². The predicted molar refractivity (Wildman–Crippen MR) is 171 cm³/mol. The third-order valence-corrected chi connectivity index (χ3v) is 12.9. The first kappa shape index (κ1) is 31.5. The highest BCUT2D eigenvalue weighted by atomic mass is 16.5. The van der Waals surface area contributed by atoms with Crippen molar-refractivity contribution in [2.75, 3.05) is 13.2 Å². The maximum absolute atomic E-state index is 13.0. The summed E-state index contributed by atoms with van der Waals surface area (Å²) in [6.07, 6.45) is 13.0. The fourth-order valence-corrected chi connectivity index (χ4v) is 10.5. The highest BCUT2D eigenvalue weighted by Crippen LogP contribution is 2.65. The smallest absolute Gasteiger partial charge is 0.306 e. The molecule has 7 atom stereocenters. The van der Waals surface area contributed by atoms with Crippen molar-refractivity contribution in [1.29, 1.82) is 0 Å². The number of esters is 1. The maximum atomic E-state index is 13.0. The van der Waals surface area contributed by atoms with E-state index in [0.29, 0.717) is 43.1 Å². The Bertz CT molecular complexity index is 1290. The molecule has 1 N–H and O–H groups in total. The van der Waals surface area contributed by atoms with Crippen LogP contribution in [0.4, 0.5) is 0 Å². The average molecular weight is 604 g/mol. The van der Waals surface area contributed by atoms with Crippen LogP contribution in [-0.2, 0) is 29.3 Å². The van der Waals surface area contributed by atoms with Gasteiger partial charge in [-0.1, -0.05) is 49.8 Å². The summed E-state index contributed by atoms with van der Waals surface area (Å²) in [6, 6.07) is 10.6. The monoisotopic (exact) mass is 603 g/mol. The number of carbonyl (C=O) groups excluding carboxylic acids is 3. The van der Waals surface area contributed by atoms with Crippen LogP contribution >= 0.6 is 0 Å². The van der Waals surface area contributed by atoms with Crippen molar-refractivity contribution >= 4 is 17.7 Å². The first-order chi connectivity index (χ1) is 20.9. The van der Waals surface area contributed by atoms with Gasteiger partial charge in [-0.05, 0) is 113 Å². The zero-order valence-corrected chi connectivity index (χ0v) is 27.4. The number of benzene rings is 1. The zero-order chi connectivity index (χ0) is 31.2. The van der Waals surface area contributed by atoms with Gasteiger partial charge in [0.1, 0.15) is 6.10 Å². The summed E-state index contributed by atoms with van der Waals surface area (Å²) in [6.45, 7) is 10.3. The molecule has 0 aromatic heterocycles. The molecule has 0 spiro atoms. The van der Waals surface area contributed by atoms with Gasteiger partial charge in [-0.25, -0.2) is 0 Å². The van der Waals surface area contributed by atoms with Gasteiger partial charge >= 0.3 is 5.97 Å². The van der Waals surface area contributed by atoms with Gasteiger partial charge in [0.2, 0.25) is 5.91 Å². The summed E-state index contributed by atoms with van der Waals surface area (Å²) < 4.78 is 12.2. The molecule has 3 saturated carbocycles. The van der Waals surface area contributed by atoms with E-state index in [4.69, 9.17) is 9.47 Å². The van der Waals surface area contributed by atoms with Crippen molar-refractivity contribution in [3.05, 3.63) is 47.5 Å². The molecule has 0 bridgehead atoms. The molecule has 5 aliphatic rings. The van der Waals surface area contributed by atoms with Gasteiger partial charge in [-0.15, -0.1) is 0 Å². The quantitative estimate of drug-likeness (QED) is 0.317. The Hall–Kier alpha value is -2.47. The van der Waals surface area contributed by atoms with Gasteiger partial charge in [-0.3, -0.25) is 14.4 Å². The van der Waals surface area contributed by atoms with Crippen LogP contribution in [0, 0.1) is 28.6 Å². The molecule has 6 nitrogen and oxygen atoms in total. The van der Waals surface area contributed by atoms with Crippen LogP contribution in [0.1, 0.15) is 117 Å². The van der Waals surface area contributed by atoms with Gasteiger partial charge in [0.25, 0.3) is 0 Å². The third kappa shape index (κ3) is 5.92. The minimum Gasteiger partial charge on any atom is -0.462 e. The maximum Gasteiger partial charge on any atom is 0.306 e. The van der Waals surface area contributed by atoms with E-state index < -0.39 is 0 Å². The molecule has 6 rings (SSSR count). The van der Waals surface area contributed by atoms with Crippen LogP contribution in [0.2, 0.25) is 0 Å². The number of nitrogens with one attached hydrogen (secondary N) is 1. The number of hydrogen-bond donors (Lipinski definition) is 1. The molecule has 4 aliphatic carbocycles. The lowest BCUT2D eigenvalue weighted by Crippen LogP contribution is -2.51. The minimum absolute atomic E-state index is 0.00436. The summed E-state index contributed by atoms with van der Waals surface area (Å²) in [5, 5.41) is 3.10. The summed E-state index contributed by atoms with van der Waals surface area (Å²) in [5.41, 5.74) is 2.61. The third-order valence-electron chi connectivity index (χ3n) is 12.9. The van der Waals surface area contributed by atoms with Crippen molar-refractivity contribution in [2.45, 2.75) is 128 Å². The lowest BCUT2D eigenvalue weighted by atomic mass is 9.47. The Balaban J connectivity index is 0.996. The van der Waals surface area contributed by atoms with Crippen molar-refractivity contribution < 1.29 is 23.9 Å². The molecule has 240 valence electrons. The SMILES string of the molecule is CC1(C)C[C@](CCNC(=O)CCC(=O)O[C@@H]2CC[C@@H]3[C@@H]4CCC5=CC(=O)CC[C@]5(C)[C@H]4CC[C@@]32C)(c2ccccc2)CCO1. The number of ketones is 1. The Morgan fingerprint density at radius 1 is 0.932 bits per heavy atom. The van der Waals surface area contributed by atoms with E-state index in [1.54, 1.807) is 0 Å². The molecular weight excluding hydrogens is 550 g/mol. The van der Waals surface area contributed by atoms with Crippen LogP contribution in [0.15, 0.2) is 42.0 Å². The fourth-order valence-electron chi connectivity index (χ4n) is 10.5. The van der Waals surface area contributed by atoms with Gasteiger partial charge in [0, 0.05) is 36.8 Å². The molecule has 0 unspecified atom stereocenters. The van der Waals surface area contributed by atoms with Gasteiger partial charge < -0.3 is 14.8 Å². The highest BCUT2D eigenvalue weighted by molar-refractivity contribution is 5.91. The van der Waals surface area contributed by atoms with E-state index in [0.717, 1.165) is 64.2 Å². The number of carbonyl (C=O) groups is 3. The van der Waals surface area contributed by atoms with Gasteiger partial charge in [0.15, 0.2) is 5.78 Å². The summed E-state index contributed by atoms with van der Waals surface area (Å²) in [7, 11) is 0. The van der Waals surface area contributed by atoms with Crippen LogP contribution in [0.25, 0.3) is 0 Å². The first-order valence-corrected chi connectivity index (χ1v) is 17.3. The van der Waals surface area contributed by atoms with Crippen molar-refractivity contribution in [1.82, 2.24) is 5.32 Å². The molecule has 4 fully saturated rings. The topological polar surface area (TPSA) is 81.7 Å². The van der Waals surface area contributed by atoms with Crippen LogP contribution < -0.4 is 5.32 Å². The predicted octanol–water partition coefficient (Wildman–Crippen LogP) is 7.24. The molecule has 1 aromatic carbocycles. The molecule has 0 radical (unpaired) electrons. The molecule has 1 aromatic rings. The summed E-state index contributed by atoms with van der Waals surface area (Å²) in [4.78, 5) is 38.0. The number of ether oxygens (including phenoxy) is 2. The number of allylic oxidation sites excluding steroid dienone is 1. The molecule has 6 heteroatoms. The number of rotatable bonds is 8. The Morgan fingerprint density at radius 2 is 1.73 bits per heavy atom. The largest absolute Gasteiger partial charge is 0.462 e.